The van der Waals surface area contributed by atoms with Crippen molar-refractivity contribution in [3.63, 3.8) is 0 Å². The molecule has 0 fully saturated rings. The van der Waals surface area contributed by atoms with E-state index in [9.17, 15) is 0 Å². The normalized spacial score (nSPS) is 10.4. The van der Waals surface area contributed by atoms with Gasteiger partial charge in [0.2, 0.25) is 0 Å². The minimum Gasteiger partial charge on any atom is -0.102 e. The second-order valence-corrected chi connectivity index (χ2v) is 3.49. The van der Waals surface area contributed by atoms with E-state index in [-0.39, 0.29) is 0 Å². The molecule has 0 spiro atoms. The molecule has 0 aliphatic rings. The molecule has 14 heavy (non-hydrogen) atoms. The number of rotatable bonds is 2. The highest BCUT2D eigenvalue weighted by atomic mass is 35.5. The third kappa shape index (κ3) is 1.53. The van der Waals surface area contributed by atoms with Crippen molar-refractivity contribution < 1.29 is 0 Å². The molecular formula is C13H10Cl. The lowest BCUT2D eigenvalue weighted by molar-refractivity contribution is 1.58. The van der Waals surface area contributed by atoms with Crippen LogP contribution in [-0.4, -0.2) is 0 Å². The van der Waals surface area contributed by atoms with Gasteiger partial charge in [0.15, 0.2) is 0 Å². The second kappa shape index (κ2) is 3.85. The van der Waals surface area contributed by atoms with E-state index in [1.54, 1.807) is 6.08 Å². The van der Waals surface area contributed by atoms with Gasteiger partial charge in [0, 0.05) is 11.4 Å². The molecule has 0 nitrogen and oxygen atoms in total. The highest BCUT2D eigenvalue weighted by Crippen LogP contribution is 2.27. The van der Waals surface area contributed by atoms with Gasteiger partial charge in [-0.15, -0.1) is 6.58 Å². The van der Waals surface area contributed by atoms with Crippen molar-refractivity contribution in [1.29, 1.82) is 0 Å². The summed E-state index contributed by atoms with van der Waals surface area (Å²) in [6.07, 6.45) is 3.69. The Balaban J connectivity index is 2.75. The van der Waals surface area contributed by atoms with Crippen LogP contribution in [0, 0.1) is 6.42 Å². The van der Waals surface area contributed by atoms with Gasteiger partial charge in [-0.1, -0.05) is 48.0 Å². The zero-order valence-electron chi connectivity index (χ0n) is 7.70. The summed E-state index contributed by atoms with van der Waals surface area (Å²) >= 11 is 6.10. The minimum absolute atomic E-state index is 0.767. The first-order valence-electron chi connectivity index (χ1n) is 4.46. The first-order valence-corrected chi connectivity index (χ1v) is 4.84. The van der Waals surface area contributed by atoms with E-state index < -0.39 is 0 Å². The second-order valence-electron chi connectivity index (χ2n) is 3.08. The van der Waals surface area contributed by atoms with E-state index in [0.717, 1.165) is 10.6 Å². The van der Waals surface area contributed by atoms with Gasteiger partial charge in [0.25, 0.3) is 0 Å². The number of benzene rings is 2. The smallest absolute Gasteiger partial charge is 0.0450 e. The molecule has 0 amide bonds. The largest absolute Gasteiger partial charge is 0.102 e. The third-order valence-electron chi connectivity index (χ3n) is 2.20. The molecule has 0 bridgehead atoms. The molecule has 2 aromatic carbocycles. The summed E-state index contributed by atoms with van der Waals surface area (Å²) in [5.74, 6) is 0. The predicted molar refractivity (Wildman–Crippen MR) is 62.6 cm³/mol. The maximum Gasteiger partial charge on any atom is 0.0450 e. The monoisotopic (exact) mass is 201 g/mol. The van der Waals surface area contributed by atoms with E-state index in [4.69, 9.17) is 11.6 Å². The minimum atomic E-state index is 0.767. The van der Waals surface area contributed by atoms with Crippen molar-refractivity contribution in [1.82, 2.24) is 0 Å². The average molecular weight is 202 g/mol. The molecule has 1 radical (unpaired) electrons. The Bertz CT molecular complexity index is 472. The van der Waals surface area contributed by atoms with Crippen LogP contribution in [-0.2, 0) is 0 Å². The van der Waals surface area contributed by atoms with Crippen molar-refractivity contribution in [3.8, 4) is 0 Å². The molecular weight excluding hydrogens is 192 g/mol. The maximum absolute atomic E-state index is 6.10. The van der Waals surface area contributed by atoms with Crippen LogP contribution in [0.3, 0.4) is 0 Å². The van der Waals surface area contributed by atoms with Crippen LogP contribution >= 0.6 is 11.6 Å². The molecule has 0 N–H and O–H groups in total. The SMILES string of the molecule is C=C[CH]c1c(Cl)ccc2ccccc12. The van der Waals surface area contributed by atoms with Crippen LogP contribution in [0.5, 0.6) is 0 Å². The van der Waals surface area contributed by atoms with Gasteiger partial charge < -0.3 is 0 Å². The fourth-order valence-electron chi connectivity index (χ4n) is 1.56. The summed E-state index contributed by atoms with van der Waals surface area (Å²) in [6.45, 7) is 3.69. The summed E-state index contributed by atoms with van der Waals surface area (Å²) < 4.78 is 0. The van der Waals surface area contributed by atoms with E-state index in [1.165, 1.54) is 10.8 Å². The highest BCUT2D eigenvalue weighted by Gasteiger charge is 2.03. The Kier molecular flexibility index (Phi) is 2.55. The van der Waals surface area contributed by atoms with Gasteiger partial charge in [-0.2, -0.15) is 0 Å². The summed E-state index contributed by atoms with van der Waals surface area (Å²) in [5.41, 5.74) is 1.04. The highest BCUT2D eigenvalue weighted by molar-refractivity contribution is 6.32. The molecule has 0 saturated heterocycles. The predicted octanol–water partition coefficient (Wildman–Crippen LogP) is 4.23. The number of allylic oxidation sites excluding steroid dienone is 1. The van der Waals surface area contributed by atoms with Crippen LogP contribution in [0.15, 0.2) is 49.1 Å². The van der Waals surface area contributed by atoms with E-state index >= 15 is 0 Å². The molecule has 1 heteroatoms. The molecule has 0 atom stereocenters. The Morgan fingerprint density at radius 1 is 1.07 bits per heavy atom. The van der Waals surface area contributed by atoms with Crippen LogP contribution in [0.4, 0.5) is 0 Å². The summed E-state index contributed by atoms with van der Waals surface area (Å²) in [7, 11) is 0. The van der Waals surface area contributed by atoms with Crippen molar-refractivity contribution in [2.24, 2.45) is 0 Å². The fourth-order valence-corrected chi connectivity index (χ4v) is 1.78. The molecule has 0 unspecified atom stereocenters. The lowest BCUT2D eigenvalue weighted by Gasteiger charge is -2.05. The third-order valence-corrected chi connectivity index (χ3v) is 2.53. The van der Waals surface area contributed by atoms with Gasteiger partial charge in [-0.05, 0) is 22.4 Å². The maximum atomic E-state index is 6.10. The number of hydrogen-bond donors (Lipinski definition) is 0. The fraction of sp³-hybridized carbons (Fsp3) is 0. The molecule has 0 aliphatic carbocycles. The first-order chi connectivity index (χ1) is 6.83. The first kappa shape index (κ1) is 9.29. The van der Waals surface area contributed by atoms with E-state index in [0.29, 0.717) is 0 Å². The summed E-state index contributed by atoms with van der Waals surface area (Å²) in [4.78, 5) is 0. The number of fused-ring (bicyclic) bond motifs is 1. The molecule has 0 heterocycles. The Hall–Kier alpha value is -1.27. The van der Waals surface area contributed by atoms with Crippen LogP contribution in [0.2, 0.25) is 5.02 Å². The van der Waals surface area contributed by atoms with Crippen LogP contribution in [0.1, 0.15) is 5.56 Å². The van der Waals surface area contributed by atoms with Crippen molar-refractivity contribution in [3.05, 3.63) is 66.1 Å². The summed E-state index contributed by atoms with van der Waals surface area (Å²) in [6, 6.07) is 12.1. The molecule has 0 aromatic heterocycles. The lowest BCUT2D eigenvalue weighted by Crippen LogP contribution is -1.83. The Morgan fingerprint density at radius 2 is 1.86 bits per heavy atom. The topological polar surface area (TPSA) is 0 Å². The Labute approximate surface area is 88.8 Å². The van der Waals surface area contributed by atoms with Gasteiger partial charge in [-0.25, -0.2) is 0 Å². The molecule has 2 rings (SSSR count). The standard InChI is InChI=1S/C13H10Cl/c1-2-5-12-11-7-4-3-6-10(11)8-9-13(12)14/h2-9H,1H2. The molecule has 0 aliphatic heterocycles. The van der Waals surface area contributed by atoms with Crippen molar-refractivity contribution in [2.75, 3.05) is 0 Å². The lowest BCUT2D eigenvalue weighted by atomic mass is 10.0. The van der Waals surface area contributed by atoms with Crippen LogP contribution in [0.25, 0.3) is 10.8 Å². The van der Waals surface area contributed by atoms with Gasteiger partial charge >= 0.3 is 0 Å². The average Bonchev–Trinajstić information content (AvgIpc) is 2.23. The number of hydrogen-bond acceptors (Lipinski definition) is 0. The van der Waals surface area contributed by atoms with Gasteiger partial charge in [-0.3, -0.25) is 0 Å². The van der Waals surface area contributed by atoms with Crippen molar-refractivity contribution in [2.45, 2.75) is 0 Å². The molecule has 69 valence electrons. The zero-order chi connectivity index (χ0) is 9.97. The molecule has 0 saturated carbocycles. The van der Waals surface area contributed by atoms with Crippen LogP contribution < -0.4 is 0 Å². The van der Waals surface area contributed by atoms with E-state index in [1.807, 2.05) is 30.7 Å². The van der Waals surface area contributed by atoms with Gasteiger partial charge in [0.1, 0.15) is 0 Å². The van der Waals surface area contributed by atoms with Crippen molar-refractivity contribution >= 4 is 22.4 Å². The zero-order valence-corrected chi connectivity index (χ0v) is 8.46. The number of halogens is 1. The van der Waals surface area contributed by atoms with Gasteiger partial charge in [0.05, 0.1) is 0 Å². The Morgan fingerprint density at radius 3 is 2.64 bits per heavy atom. The summed E-state index contributed by atoms with van der Waals surface area (Å²) in [5, 5.41) is 3.13. The van der Waals surface area contributed by atoms with E-state index in [2.05, 4.69) is 18.7 Å². The molecule has 2 aromatic rings. The quantitative estimate of drug-likeness (QED) is 0.682.